The Morgan fingerprint density at radius 1 is 1.24 bits per heavy atom. The van der Waals surface area contributed by atoms with E-state index in [1.807, 2.05) is 6.92 Å². The summed E-state index contributed by atoms with van der Waals surface area (Å²) < 4.78 is 28.9. The van der Waals surface area contributed by atoms with Gasteiger partial charge in [-0.1, -0.05) is 12.8 Å². The summed E-state index contributed by atoms with van der Waals surface area (Å²) in [5.74, 6) is -0.620. The van der Waals surface area contributed by atoms with E-state index in [1.54, 1.807) is 17.0 Å². The van der Waals surface area contributed by atoms with Crippen LogP contribution in [0.15, 0.2) is 24.3 Å². The number of carbonyl (C=O) groups excluding carboxylic acids is 2. The number of amides is 2. The molecule has 9 heteroatoms. The summed E-state index contributed by atoms with van der Waals surface area (Å²) in [6.07, 6.45) is 4.80. The number of hydrogen-bond donors (Lipinski definition) is 2. The molecule has 2 amide bonds. The molecular weight excluding hydrogens is 404 g/mol. The van der Waals surface area contributed by atoms with Crippen LogP contribution in [0.4, 0.5) is 14.5 Å². The Labute approximate surface area is 175 Å². The van der Waals surface area contributed by atoms with Crippen LogP contribution in [0.25, 0.3) is 0 Å². The summed E-state index contributed by atoms with van der Waals surface area (Å²) in [6, 6.07) is 5.34. The fraction of sp³-hybridized carbons (Fsp3) is 0.600. The van der Waals surface area contributed by atoms with Crippen molar-refractivity contribution in [2.24, 2.45) is 11.7 Å². The largest absolute Gasteiger partial charge is 0.435 e. The van der Waals surface area contributed by atoms with Crippen LogP contribution >= 0.6 is 12.4 Å². The van der Waals surface area contributed by atoms with E-state index in [1.165, 1.54) is 12.1 Å². The van der Waals surface area contributed by atoms with Gasteiger partial charge in [-0.3, -0.25) is 9.59 Å². The van der Waals surface area contributed by atoms with Crippen molar-refractivity contribution in [3.8, 4) is 5.75 Å². The van der Waals surface area contributed by atoms with E-state index in [2.05, 4.69) is 10.1 Å². The molecular formula is C20H28ClF2N3O3. The first-order chi connectivity index (χ1) is 13.3. The summed E-state index contributed by atoms with van der Waals surface area (Å²) in [7, 11) is 0. The first kappa shape index (κ1) is 23.3. The van der Waals surface area contributed by atoms with Crippen molar-refractivity contribution < 1.29 is 23.1 Å². The minimum absolute atomic E-state index is 0. The first-order valence-corrected chi connectivity index (χ1v) is 9.73. The van der Waals surface area contributed by atoms with E-state index >= 15 is 0 Å². The number of halogens is 3. The van der Waals surface area contributed by atoms with Gasteiger partial charge in [0.2, 0.25) is 11.8 Å². The molecule has 0 bridgehead atoms. The number of carbonyl (C=O) groups is 2. The number of nitrogens with zero attached hydrogens (tertiary/aromatic N) is 1. The molecule has 29 heavy (non-hydrogen) atoms. The van der Waals surface area contributed by atoms with Crippen LogP contribution < -0.4 is 20.7 Å². The smallest absolute Gasteiger partial charge is 0.387 e. The molecule has 3 unspecified atom stereocenters. The molecule has 162 valence electrons. The van der Waals surface area contributed by atoms with Crippen LogP contribution in [0, 0.1) is 5.92 Å². The lowest BCUT2D eigenvalue weighted by atomic mass is 9.74. The van der Waals surface area contributed by atoms with Gasteiger partial charge in [-0.2, -0.15) is 8.78 Å². The van der Waals surface area contributed by atoms with Crippen LogP contribution in [0.5, 0.6) is 5.75 Å². The summed E-state index contributed by atoms with van der Waals surface area (Å²) in [5.41, 5.74) is 6.34. The maximum atomic E-state index is 12.9. The molecule has 0 aromatic heterocycles. The fourth-order valence-electron chi connectivity index (χ4n) is 4.13. The zero-order valence-electron chi connectivity index (χ0n) is 16.4. The molecule has 1 aromatic carbocycles. The van der Waals surface area contributed by atoms with Gasteiger partial charge in [0, 0.05) is 17.8 Å². The Kier molecular flexibility index (Phi) is 7.82. The summed E-state index contributed by atoms with van der Waals surface area (Å²) in [5, 5.41) is 2.90. The van der Waals surface area contributed by atoms with Crippen LogP contribution in [-0.2, 0) is 9.59 Å². The van der Waals surface area contributed by atoms with Crippen LogP contribution in [0.1, 0.15) is 45.4 Å². The number of rotatable bonds is 5. The molecule has 1 heterocycles. The van der Waals surface area contributed by atoms with Crippen LogP contribution in [0.2, 0.25) is 0 Å². The minimum atomic E-state index is -2.89. The van der Waals surface area contributed by atoms with Crippen molar-refractivity contribution in [1.29, 1.82) is 0 Å². The van der Waals surface area contributed by atoms with Crippen molar-refractivity contribution in [3.63, 3.8) is 0 Å². The van der Waals surface area contributed by atoms with Crippen molar-refractivity contribution >= 4 is 29.9 Å². The van der Waals surface area contributed by atoms with Gasteiger partial charge in [0.25, 0.3) is 0 Å². The number of hydrogen-bond acceptors (Lipinski definition) is 4. The molecule has 0 radical (unpaired) electrons. The second-order valence-electron chi connectivity index (χ2n) is 7.87. The number of benzene rings is 1. The monoisotopic (exact) mass is 431 g/mol. The predicted octanol–water partition coefficient (Wildman–Crippen LogP) is 3.23. The second kappa shape index (κ2) is 9.71. The van der Waals surface area contributed by atoms with E-state index in [9.17, 15) is 18.4 Å². The van der Waals surface area contributed by atoms with Gasteiger partial charge in [0.05, 0.1) is 5.92 Å². The van der Waals surface area contributed by atoms with Gasteiger partial charge in [0.1, 0.15) is 11.8 Å². The molecule has 3 N–H and O–H groups in total. The second-order valence-corrected chi connectivity index (χ2v) is 7.87. The summed E-state index contributed by atoms with van der Waals surface area (Å²) in [6.45, 7) is -0.484. The highest BCUT2D eigenvalue weighted by Gasteiger charge is 2.40. The number of nitrogens with two attached hydrogens (primary N) is 1. The van der Waals surface area contributed by atoms with E-state index in [-0.39, 0.29) is 35.9 Å². The van der Waals surface area contributed by atoms with Gasteiger partial charge >= 0.3 is 6.61 Å². The maximum absolute atomic E-state index is 12.9. The third kappa shape index (κ3) is 5.57. The van der Waals surface area contributed by atoms with Crippen molar-refractivity contribution in [1.82, 2.24) is 5.32 Å². The molecule has 6 nitrogen and oxygen atoms in total. The third-order valence-electron chi connectivity index (χ3n) is 5.70. The molecule has 3 atom stereocenters. The molecule has 0 spiro atoms. The Bertz CT molecular complexity index is 715. The Morgan fingerprint density at radius 2 is 1.93 bits per heavy atom. The number of nitrogens with one attached hydrogen (secondary N) is 1. The molecule has 3 rings (SSSR count). The lowest BCUT2D eigenvalue weighted by Gasteiger charge is -2.39. The predicted molar refractivity (Wildman–Crippen MR) is 108 cm³/mol. The lowest BCUT2D eigenvalue weighted by molar-refractivity contribution is -0.133. The zero-order valence-corrected chi connectivity index (χ0v) is 17.2. The van der Waals surface area contributed by atoms with E-state index in [0.717, 1.165) is 32.1 Å². The average Bonchev–Trinajstić information content (AvgIpc) is 2.63. The van der Waals surface area contributed by atoms with Gasteiger partial charge in [-0.05, 0) is 56.9 Å². The number of alkyl halides is 2. The number of ether oxygens (including phenoxy) is 1. The molecule has 1 saturated carbocycles. The van der Waals surface area contributed by atoms with Gasteiger partial charge < -0.3 is 20.7 Å². The molecule has 2 fully saturated rings. The Balaban J connectivity index is 0.00000300. The van der Waals surface area contributed by atoms with Gasteiger partial charge in [-0.15, -0.1) is 12.4 Å². The van der Waals surface area contributed by atoms with Crippen LogP contribution in [0.3, 0.4) is 0 Å². The van der Waals surface area contributed by atoms with Crippen molar-refractivity contribution in [3.05, 3.63) is 24.3 Å². The quantitative estimate of drug-likeness (QED) is 0.749. The van der Waals surface area contributed by atoms with Gasteiger partial charge in [-0.25, -0.2) is 0 Å². The Hall–Kier alpha value is -1.93. The minimum Gasteiger partial charge on any atom is -0.435 e. The third-order valence-corrected chi connectivity index (χ3v) is 5.70. The molecule has 2 aliphatic rings. The first-order valence-electron chi connectivity index (χ1n) is 9.73. The summed E-state index contributed by atoms with van der Waals surface area (Å²) in [4.78, 5) is 27.2. The molecule has 1 aromatic rings. The summed E-state index contributed by atoms with van der Waals surface area (Å²) >= 11 is 0. The molecule has 1 saturated heterocycles. The standard InChI is InChI=1S/C20H27F2N3O3.ClH/c1-20(23)11-3-2-5-15(20)17(26)24-16-6-4-12-25(18(16)27)13-7-9-14(10-8-13)28-19(21)22;/h7-10,15-16,19H,2-6,11-12,23H2,1H3,(H,24,26);1H. The molecule has 1 aliphatic carbocycles. The maximum Gasteiger partial charge on any atom is 0.387 e. The zero-order chi connectivity index (χ0) is 20.3. The highest BCUT2D eigenvalue weighted by molar-refractivity contribution is 6.00. The number of piperidine rings is 1. The van der Waals surface area contributed by atoms with Gasteiger partial charge in [0.15, 0.2) is 0 Å². The van der Waals surface area contributed by atoms with E-state index in [0.29, 0.717) is 18.7 Å². The van der Waals surface area contributed by atoms with Crippen molar-refractivity contribution in [2.75, 3.05) is 11.4 Å². The van der Waals surface area contributed by atoms with Crippen LogP contribution in [-0.4, -0.2) is 36.6 Å². The SMILES string of the molecule is CC1(N)CCCCC1C(=O)NC1CCCN(c2ccc(OC(F)F)cc2)C1=O.Cl. The molecule has 1 aliphatic heterocycles. The fourth-order valence-corrected chi connectivity index (χ4v) is 4.13. The highest BCUT2D eigenvalue weighted by Crippen LogP contribution is 2.32. The Morgan fingerprint density at radius 3 is 2.55 bits per heavy atom. The lowest BCUT2D eigenvalue weighted by Crippen LogP contribution is -2.58. The average molecular weight is 432 g/mol. The normalized spacial score (nSPS) is 27.3. The van der Waals surface area contributed by atoms with E-state index < -0.39 is 18.2 Å². The van der Waals surface area contributed by atoms with E-state index in [4.69, 9.17) is 5.73 Å². The topological polar surface area (TPSA) is 84.7 Å². The highest BCUT2D eigenvalue weighted by atomic mass is 35.5. The van der Waals surface area contributed by atoms with Crippen molar-refractivity contribution in [2.45, 2.75) is 63.6 Å². The number of anilines is 1.